The third kappa shape index (κ3) is 3.47. The summed E-state index contributed by atoms with van der Waals surface area (Å²) < 4.78 is 5.75. The highest BCUT2D eigenvalue weighted by Crippen LogP contribution is 2.29. The Hall–Kier alpha value is -3.01. The number of ketones is 1. The van der Waals surface area contributed by atoms with Crippen molar-refractivity contribution in [2.75, 3.05) is 0 Å². The molecule has 0 amide bonds. The normalized spacial score (nSPS) is 15.1. The molecule has 0 fully saturated rings. The first-order chi connectivity index (χ1) is 12.9. The van der Waals surface area contributed by atoms with E-state index in [0.29, 0.717) is 17.3 Å². The van der Waals surface area contributed by atoms with Crippen LogP contribution in [0.5, 0.6) is 0 Å². The molecule has 27 heavy (non-hydrogen) atoms. The van der Waals surface area contributed by atoms with Gasteiger partial charge in [-0.3, -0.25) is 9.79 Å². The highest BCUT2D eigenvalue weighted by atomic mass is 16.4. The Morgan fingerprint density at radius 3 is 2.56 bits per heavy atom. The Labute approximate surface area is 159 Å². The number of aliphatic imine (C=N–C) groups is 1. The second-order valence-electron chi connectivity index (χ2n) is 7.59. The fraction of sp³-hybridized carbons (Fsp3) is 0.261. The monoisotopic (exact) mass is 358 g/mol. The molecule has 0 bridgehead atoms. The highest BCUT2D eigenvalue weighted by molar-refractivity contribution is 6.16. The second kappa shape index (κ2) is 6.62. The largest absolute Gasteiger partial charge is 0.441 e. The van der Waals surface area contributed by atoms with Gasteiger partial charge >= 0.3 is 0 Å². The maximum atomic E-state index is 13.0. The van der Waals surface area contributed by atoms with E-state index in [2.05, 4.69) is 24.9 Å². The van der Waals surface area contributed by atoms with Crippen molar-refractivity contribution in [1.29, 1.82) is 0 Å². The molecule has 0 radical (unpaired) electrons. The highest BCUT2D eigenvalue weighted by Gasteiger charge is 2.28. The first kappa shape index (κ1) is 17.4. The van der Waals surface area contributed by atoms with E-state index >= 15 is 0 Å². The van der Waals surface area contributed by atoms with Gasteiger partial charge in [-0.2, -0.15) is 0 Å². The molecule has 2 heterocycles. The van der Waals surface area contributed by atoms with E-state index in [9.17, 15) is 4.79 Å². The number of aryl methyl sites for hydroxylation is 1. The summed E-state index contributed by atoms with van der Waals surface area (Å²) in [6, 6.07) is 17.8. The smallest absolute Gasteiger partial charge is 0.226 e. The number of benzene rings is 2. The average Bonchev–Trinajstić information content (AvgIpc) is 3.03. The summed E-state index contributed by atoms with van der Waals surface area (Å²) >= 11 is 0. The molecule has 0 N–H and O–H groups in total. The molecule has 0 saturated heterocycles. The maximum absolute atomic E-state index is 13.0. The maximum Gasteiger partial charge on any atom is 0.226 e. The summed E-state index contributed by atoms with van der Waals surface area (Å²) in [5, 5.41) is 0. The minimum absolute atomic E-state index is 0.0651. The molecule has 1 aliphatic rings. The number of Topliss-reactive ketones (excluding diaryl/α,β-unsaturated/α-hetero) is 1. The lowest BCUT2D eigenvalue weighted by molar-refractivity contribution is 0.0995. The van der Waals surface area contributed by atoms with Gasteiger partial charge in [0.1, 0.15) is 11.5 Å². The molecule has 136 valence electrons. The van der Waals surface area contributed by atoms with Crippen molar-refractivity contribution in [3.8, 4) is 11.5 Å². The van der Waals surface area contributed by atoms with E-state index in [1.54, 1.807) is 6.92 Å². The van der Waals surface area contributed by atoms with Crippen molar-refractivity contribution >= 4 is 11.5 Å². The van der Waals surface area contributed by atoms with Crippen molar-refractivity contribution in [3.63, 3.8) is 0 Å². The molecule has 0 atom stereocenters. The van der Waals surface area contributed by atoms with Crippen LogP contribution >= 0.6 is 0 Å². The molecular formula is C23H22N2O2. The van der Waals surface area contributed by atoms with Crippen LogP contribution in [-0.2, 0) is 6.42 Å². The molecule has 0 aliphatic carbocycles. The number of rotatable bonds is 4. The number of nitrogens with zero attached hydrogens (tertiary/aromatic N) is 2. The van der Waals surface area contributed by atoms with Gasteiger partial charge in [0, 0.05) is 5.56 Å². The molecule has 4 nitrogen and oxygen atoms in total. The van der Waals surface area contributed by atoms with Gasteiger partial charge in [0.25, 0.3) is 0 Å². The molecule has 1 aliphatic heterocycles. The van der Waals surface area contributed by atoms with Gasteiger partial charge in [0.05, 0.1) is 17.7 Å². The summed E-state index contributed by atoms with van der Waals surface area (Å²) in [7, 11) is 0. The van der Waals surface area contributed by atoms with Gasteiger partial charge in [-0.25, -0.2) is 4.98 Å². The summed E-state index contributed by atoms with van der Waals surface area (Å²) in [5.41, 5.74) is 4.17. The molecule has 0 saturated carbocycles. The van der Waals surface area contributed by atoms with E-state index in [1.807, 2.05) is 48.5 Å². The Morgan fingerprint density at radius 2 is 1.78 bits per heavy atom. The second-order valence-corrected chi connectivity index (χ2v) is 7.59. The molecule has 0 unspecified atom stereocenters. The lowest BCUT2D eigenvalue weighted by Gasteiger charge is -2.28. The fourth-order valence-electron chi connectivity index (χ4n) is 3.62. The number of hydrogen-bond donors (Lipinski definition) is 0. The molecular weight excluding hydrogens is 336 g/mol. The summed E-state index contributed by atoms with van der Waals surface area (Å²) in [6.07, 6.45) is 1.10. The first-order valence-corrected chi connectivity index (χ1v) is 9.16. The minimum atomic E-state index is -0.210. The van der Waals surface area contributed by atoms with E-state index in [1.165, 1.54) is 5.56 Å². The van der Waals surface area contributed by atoms with Crippen molar-refractivity contribution < 1.29 is 9.21 Å². The summed E-state index contributed by atoms with van der Waals surface area (Å²) in [5.74, 6) is 0.954. The first-order valence-electron chi connectivity index (χ1n) is 9.16. The van der Waals surface area contributed by atoms with Crippen molar-refractivity contribution in [2.24, 2.45) is 4.99 Å². The van der Waals surface area contributed by atoms with Gasteiger partial charge in [-0.1, -0.05) is 42.5 Å². The van der Waals surface area contributed by atoms with Gasteiger partial charge in [0.2, 0.25) is 5.89 Å². The lowest BCUT2D eigenvalue weighted by Crippen LogP contribution is -2.30. The van der Waals surface area contributed by atoms with E-state index in [-0.39, 0.29) is 17.7 Å². The van der Waals surface area contributed by atoms with Crippen molar-refractivity contribution in [1.82, 2.24) is 4.98 Å². The van der Waals surface area contributed by atoms with Crippen LogP contribution in [0.2, 0.25) is 0 Å². The van der Waals surface area contributed by atoms with Crippen LogP contribution < -0.4 is 0 Å². The molecule has 3 aromatic rings. The third-order valence-corrected chi connectivity index (χ3v) is 4.80. The predicted molar refractivity (Wildman–Crippen MR) is 106 cm³/mol. The molecule has 4 heteroatoms. The SMILES string of the molecule is Cc1oc(-c2ccccc2)nc1C(=O)CC1=NC(C)(C)Cc2ccccc21. The molecule has 1 aromatic heterocycles. The summed E-state index contributed by atoms with van der Waals surface area (Å²) in [6.45, 7) is 5.98. The van der Waals surface area contributed by atoms with Crippen LogP contribution in [0.4, 0.5) is 0 Å². The van der Waals surface area contributed by atoms with Gasteiger partial charge in [-0.15, -0.1) is 0 Å². The number of oxazole rings is 1. The number of carbonyl (C=O) groups excluding carboxylic acids is 1. The van der Waals surface area contributed by atoms with Crippen LogP contribution in [0, 0.1) is 6.92 Å². The Kier molecular flexibility index (Phi) is 4.27. The topological polar surface area (TPSA) is 55.5 Å². The molecule has 0 spiro atoms. The van der Waals surface area contributed by atoms with Crippen molar-refractivity contribution in [3.05, 3.63) is 77.2 Å². The number of carbonyl (C=O) groups is 1. The third-order valence-electron chi connectivity index (χ3n) is 4.80. The van der Waals surface area contributed by atoms with E-state index in [4.69, 9.17) is 9.41 Å². The Bertz CT molecular complexity index is 1030. The van der Waals surface area contributed by atoms with Crippen LogP contribution in [0.25, 0.3) is 11.5 Å². The fourth-order valence-corrected chi connectivity index (χ4v) is 3.62. The van der Waals surface area contributed by atoms with E-state index in [0.717, 1.165) is 23.3 Å². The predicted octanol–water partition coefficient (Wildman–Crippen LogP) is 5.05. The van der Waals surface area contributed by atoms with Crippen molar-refractivity contribution in [2.45, 2.75) is 39.2 Å². The standard InChI is InChI=1S/C23H22N2O2/c1-15-21(24-22(27-15)16-9-5-4-6-10-16)20(26)13-19-18-12-8-7-11-17(18)14-23(2,3)25-19/h4-12H,13-14H2,1-3H3. The van der Waals surface area contributed by atoms with Gasteiger partial charge in [0.15, 0.2) is 5.78 Å². The zero-order chi connectivity index (χ0) is 19.0. The Morgan fingerprint density at radius 1 is 1.07 bits per heavy atom. The number of aromatic nitrogens is 1. The van der Waals surface area contributed by atoms with Crippen LogP contribution in [0.1, 0.15) is 47.6 Å². The number of fused-ring (bicyclic) bond motifs is 1. The quantitative estimate of drug-likeness (QED) is 0.614. The van der Waals surface area contributed by atoms with Gasteiger partial charge < -0.3 is 4.42 Å². The van der Waals surface area contributed by atoms with Crippen LogP contribution in [-0.4, -0.2) is 22.0 Å². The molecule has 2 aromatic carbocycles. The van der Waals surface area contributed by atoms with Gasteiger partial charge in [-0.05, 0) is 50.5 Å². The summed E-state index contributed by atoms with van der Waals surface area (Å²) in [4.78, 5) is 22.3. The lowest BCUT2D eigenvalue weighted by atomic mass is 9.85. The average molecular weight is 358 g/mol. The minimum Gasteiger partial charge on any atom is -0.441 e. The zero-order valence-electron chi connectivity index (χ0n) is 15.8. The van der Waals surface area contributed by atoms with Crippen LogP contribution in [0.15, 0.2) is 64.0 Å². The van der Waals surface area contributed by atoms with E-state index < -0.39 is 0 Å². The Balaban J connectivity index is 1.65. The number of hydrogen-bond acceptors (Lipinski definition) is 4. The van der Waals surface area contributed by atoms with Crippen LogP contribution in [0.3, 0.4) is 0 Å². The molecule has 4 rings (SSSR count). The zero-order valence-corrected chi connectivity index (χ0v) is 15.8.